The standard InChI is InChI=1S/C20H23N3/c1-4-14-5-6-17(22-11-14)20-19-15(7-8-21-20)16-10-12(2)9-13(3)18(16)23-19/h5-6,9-11,20-21,23H,4,7-8H2,1-3H3. The molecule has 1 atom stereocenters. The number of hydrogen-bond donors (Lipinski definition) is 2. The molecule has 3 heterocycles. The van der Waals surface area contributed by atoms with Crippen molar-refractivity contribution >= 4 is 10.9 Å². The number of aromatic amines is 1. The minimum absolute atomic E-state index is 0.164. The lowest BCUT2D eigenvalue weighted by Crippen LogP contribution is -2.31. The van der Waals surface area contributed by atoms with Gasteiger partial charge in [0.05, 0.1) is 11.7 Å². The molecule has 0 aliphatic carbocycles. The minimum atomic E-state index is 0.164. The van der Waals surface area contributed by atoms with Gasteiger partial charge < -0.3 is 10.3 Å². The van der Waals surface area contributed by atoms with Gasteiger partial charge in [0, 0.05) is 29.3 Å². The van der Waals surface area contributed by atoms with Crippen LogP contribution < -0.4 is 5.32 Å². The summed E-state index contributed by atoms with van der Waals surface area (Å²) < 4.78 is 0. The first-order valence-electron chi connectivity index (χ1n) is 8.47. The van der Waals surface area contributed by atoms with Gasteiger partial charge >= 0.3 is 0 Å². The van der Waals surface area contributed by atoms with Gasteiger partial charge in [0.25, 0.3) is 0 Å². The second-order valence-electron chi connectivity index (χ2n) is 6.60. The van der Waals surface area contributed by atoms with Crippen molar-refractivity contribution < 1.29 is 0 Å². The molecule has 118 valence electrons. The largest absolute Gasteiger partial charge is 0.356 e. The fourth-order valence-corrected chi connectivity index (χ4v) is 3.75. The van der Waals surface area contributed by atoms with Gasteiger partial charge in [0.15, 0.2) is 0 Å². The third-order valence-electron chi connectivity index (χ3n) is 4.95. The van der Waals surface area contributed by atoms with E-state index in [-0.39, 0.29) is 6.04 Å². The molecule has 0 saturated heterocycles. The van der Waals surface area contributed by atoms with E-state index in [1.165, 1.54) is 38.9 Å². The highest BCUT2D eigenvalue weighted by Gasteiger charge is 2.26. The summed E-state index contributed by atoms with van der Waals surface area (Å²) in [6.07, 6.45) is 4.10. The molecule has 1 aromatic carbocycles. The summed E-state index contributed by atoms with van der Waals surface area (Å²) in [6, 6.07) is 9.08. The zero-order chi connectivity index (χ0) is 16.0. The molecule has 3 heteroatoms. The molecule has 0 fully saturated rings. The number of fused-ring (bicyclic) bond motifs is 3. The van der Waals surface area contributed by atoms with Crippen LogP contribution in [0.4, 0.5) is 0 Å². The molecule has 1 aliphatic heterocycles. The molecule has 0 amide bonds. The Labute approximate surface area is 137 Å². The number of aromatic nitrogens is 2. The Balaban J connectivity index is 1.86. The van der Waals surface area contributed by atoms with Gasteiger partial charge in [-0.3, -0.25) is 4.98 Å². The molecule has 3 aromatic rings. The average molecular weight is 305 g/mol. The van der Waals surface area contributed by atoms with Crippen molar-refractivity contribution in [2.75, 3.05) is 6.54 Å². The second kappa shape index (κ2) is 5.50. The molecule has 0 bridgehead atoms. The van der Waals surface area contributed by atoms with E-state index in [4.69, 9.17) is 4.98 Å². The lowest BCUT2D eigenvalue weighted by Gasteiger charge is -2.24. The Hall–Kier alpha value is -2.13. The third kappa shape index (κ3) is 2.36. The molecule has 0 radical (unpaired) electrons. The van der Waals surface area contributed by atoms with Crippen LogP contribution in [0, 0.1) is 13.8 Å². The van der Waals surface area contributed by atoms with E-state index in [0.717, 1.165) is 25.1 Å². The molecule has 3 nitrogen and oxygen atoms in total. The first-order chi connectivity index (χ1) is 11.2. The van der Waals surface area contributed by atoms with Crippen LogP contribution in [0.3, 0.4) is 0 Å². The van der Waals surface area contributed by atoms with Crippen LogP contribution in [-0.2, 0) is 12.8 Å². The van der Waals surface area contributed by atoms with Gasteiger partial charge in [0.2, 0.25) is 0 Å². The maximum absolute atomic E-state index is 4.70. The van der Waals surface area contributed by atoms with Crippen LogP contribution in [0.15, 0.2) is 30.5 Å². The molecule has 1 aliphatic rings. The van der Waals surface area contributed by atoms with E-state index < -0.39 is 0 Å². The Bertz CT molecular complexity index is 859. The predicted octanol–water partition coefficient (Wildman–Crippen LogP) is 3.98. The van der Waals surface area contributed by atoms with Crippen molar-refractivity contribution in [3.63, 3.8) is 0 Å². The summed E-state index contributed by atoms with van der Waals surface area (Å²) in [7, 11) is 0. The maximum atomic E-state index is 4.70. The number of H-pyrrole nitrogens is 1. The predicted molar refractivity (Wildman–Crippen MR) is 94.9 cm³/mol. The SMILES string of the molecule is CCc1ccc(C2NCCc3c2[nH]c2c(C)cc(C)cc32)nc1. The topological polar surface area (TPSA) is 40.7 Å². The summed E-state index contributed by atoms with van der Waals surface area (Å²) in [6.45, 7) is 7.52. The molecular formula is C20H23N3. The lowest BCUT2D eigenvalue weighted by molar-refractivity contribution is 0.549. The first kappa shape index (κ1) is 14.5. The molecule has 4 rings (SSSR count). The highest BCUT2D eigenvalue weighted by molar-refractivity contribution is 5.88. The van der Waals surface area contributed by atoms with Crippen LogP contribution in [0.2, 0.25) is 0 Å². The van der Waals surface area contributed by atoms with Crippen molar-refractivity contribution in [1.82, 2.24) is 15.3 Å². The Morgan fingerprint density at radius 3 is 2.83 bits per heavy atom. The van der Waals surface area contributed by atoms with Crippen molar-refractivity contribution in [1.29, 1.82) is 0 Å². The maximum Gasteiger partial charge on any atom is 0.0906 e. The number of nitrogens with zero attached hydrogens (tertiary/aromatic N) is 1. The van der Waals surface area contributed by atoms with Crippen molar-refractivity contribution in [3.8, 4) is 0 Å². The van der Waals surface area contributed by atoms with Gasteiger partial charge in [-0.05, 0) is 55.5 Å². The quantitative estimate of drug-likeness (QED) is 0.752. The third-order valence-corrected chi connectivity index (χ3v) is 4.95. The van der Waals surface area contributed by atoms with Gasteiger partial charge in [-0.25, -0.2) is 0 Å². The zero-order valence-corrected chi connectivity index (χ0v) is 14.0. The number of rotatable bonds is 2. The van der Waals surface area contributed by atoms with E-state index >= 15 is 0 Å². The average Bonchev–Trinajstić information content (AvgIpc) is 2.94. The van der Waals surface area contributed by atoms with Crippen LogP contribution in [-0.4, -0.2) is 16.5 Å². The van der Waals surface area contributed by atoms with Crippen LogP contribution in [0.25, 0.3) is 10.9 Å². The summed E-state index contributed by atoms with van der Waals surface area (Å²) in [5, 5.41) is 5.01. The molecule has 0 spiro atoms. The van der Waals surface area contributed by atoms with Crippen LogP contribution in [0.5, 0.6) is 0 Å². The van der Waals surface area contributed by atoms with Crippen molar-refractivity contribution in [3.05, 3.63) is 64.1 Å². The normalized spacial score (nSPS) is 17.4. The van der Waals surface area contributed by atoms with Crippen molar-refractivity contribution in [2.24, 2.45) is 0 Å². The molecule has 23 heavy (non-hydrogen) atoms. The molecule has 1 unspecified atom stereocenters. The lowest BCUT2D eigenvalue weighted by atomic mass is 9.95. The molecule has 2 N–H and O–H groups in total. The van der Waals surface area contributed by atoms with Gasteiger partial charge in [-0.1, -0.05) is 24.6 Å². The second-order valence-corrected chi connectivity index (χ2v) is 6.60. The Morgan fingerprint density at radius 1 is 1.22 bits per heavy atom. The van der Waals surface area contributed by atoms with E-state index in [1.54, 1.807) is 0 Å². The summed E-state index contributed by atoms with van der Waals surface area (Å²) >= 11 is 0. The molecule has 2 aromatic heterocycles. The smallest absolute Gasteiger partial charge is 0.0906 e. The zero-order valence-electron chi connectivity index (χ0n) is 14.0. The highest BCUT2D eigenvalue weighted by atomic mass is 15.0. The van der Waals surface area contributed by atoms with Gasteiger partial charge in [-0.15, -0.1) is 0 Å². The van der Waals surface area contributed by atoms with E-state index in [0.29, 0.717) is 0 Å². The van der Waals surface area contributed by atoms with E-state index in [2.05, 4.69) is 55.3 Å². The Morgan fingerprint density at radius 2 is 2.09 bits per heavy atom. The summed E-state index contributed by atoms with van der Waals surface area (Å²) in [5.41, 5.74) is 9.06. The number of benzene rings is 1. The number of pyridine rings is 1. The fraction of sp³-hybridized carbons (Fsp3) is 0.350. The summed E-state index contributed by atoms with van der Waals surface area (Å²) in [5.74, 6) is 0. The number of nitrogens with one attached hydrogen (secondary N) is 2. The van der Waals surface area contributed by atoms with E-state index in [9.17, 15) is 0 Å². The molecule has 0 saturated carbocycles. The highest BCUT2D eigenvalue weighted by Crippen LogP contribution is 2.34. The van der Waals surface area contributed by atoms with Crippen LogP contribution >= 0.6 is 0 Å². The molecular weight excluding hydrogens is 282 g/mol. The fourth-order valence-electron chi connectivity index (χ4n) is 3.75. The van der Waals surface area contributed by atoms with Crippen LogP contribution in [0.1, 0.15) is 46.6 Å². The monoisotopic (exact) mass is 305 g/mol. The van der Waals surface area contributed by atoms with Crippen molar-refractivity contribution in [2.45, 2.75) is 39.7 Å². The number of hydrogen-bond acceptors (Lipinski definition) is 2. The van der Waals surface area contributed by atoms with E-state index in [1.807, 2.05) is 6.20 Å². The summed E-state index contributed by atoms with van der Waals surface area (Å²) in [4.78, 5) is 8.39. The van der Waals surface area contributed by atoms with Gasteiger partial charge in [0.1, 0.15) is 0 Å². The number of aryl methyl sites for hydroxylation is 3. The minimum Gasteiger partial charge on any atom is -0.356 e. The Kier molecular flexibility index (Phi) is 3.46. The van der Waals surface area contributed by atoms with Gasteiger partial charge in [-0.2, -0.15) is 0 Å². The first-order valence-corrected chi connectivity index (χ1v) is 8.47.